The zero-order valence-corrected chi connectivity index (χ0v) is 11.2. The summed E-state index contributed by atoms with van der Waals surface area (Å²) in [4.78, 5) is 6.56. The Hall–Kier alpha value is -0.970. The maximum Gasteiger partial charge on any atom is 0.0620 e. The maximum absolute atomic E-state index is 6.34. The molecular formula is C14H23N3O. The van der Waals surface area contributed by atoms with Crippen LogP contribution in [0.4, 0.5) is 0 Å². The van der Waals surface area contributed by atoms with Gasteiger partial charge in [-0.3, -0.25) is 9.88 Å². The molecule has 0 spiro atoms. The zero-order chi connectivity index (χ0) is 13.0. The van der Waals surface area contributed by atoms with Crippen molar-refractivity contribution in [3.63, 3.8) is 0 Å². The molecule has 1 fully saturated rings. The van der Waals surface area contributed by atoms with Gasteiger partial charge < -0.3 is 10.5 Å². The third kappa shape index (κ3) is 2.88. The fourth-order valence-corrected chi connectivity index (χ4v) is 2.62. The Morgan fingerprint density at radius 2 is 2.22 bits per heavy atom. The lowest BCUT2D eigenvalue weighted by molar-refractivity contribution is -0.0282. The van der Waals surface area contributed by atoms with Crippen molar-refractivity contribution < 1.29 is 4.74 Å². The van der Waals surface area contributed by atoms with E-state index in [1.807, 2.05) is 12.4 Å². The molecule has 4 nitrogen and oxygen atoms in total. The van der Waals surface area contributed by atoms with Gasteiger partial charge in [0.25, 0.3) is 0 Å². The summed E-state index contributed by atoms with van der Waals surface area (Å²) in [5.41, 5.74) is 7.60. The molecule has 3 unspecified atom stereocenters. The molecule has 0 aromatic carbocycles. The number of nitrogens with zero attached hydrogens (tertiary/aromatic N) is 2. The SMILES string of the molecule is CCC(N)C(c1ccncc1)N1CCOCC1C. The van der Waals surface area contributed by atoms with E-state index < -0.39 is 0 Å². The highest BCUT2D eigenvalue weighted by Gasteiger charge is 2.31. The molecule has 1 aromatic heterocycles. The second kappa shape index (κ2) is 6.27. The smallest absolute Gasteiger partial charge is 0.0620 e. The van der Waals surface area contributed by atoms with E-state index >= 15 is 0 Å². The topological polar surface area (TPSA) is 51.4 Å². The van der Waals surface area contributed by atoms with Gasteiger partial charge in [0.1, 0.15) is 0 Å². The van der Waals surface area contributed by atoms with E-state index in [2.05, 4.69) is 35.9 Å². The first-order valence-electron chi connectivity index (χ1n) is 6.73. The molecule has 3 atom stereocenters. The lowest BCUT2D eigenvalue weighted by atomic mass is 9.95. The minimum absolute atomic E-state index is 0.146. The van der Waals surface area contributed by atoms with Crippen LogP contribution in [-0.2, 0) is 4.74 Å². The number of ether oxygens (including phenoxy) is 1. The van der Waals surface area contributed by atoms with Gasteiger partial charge in [0, 0.05) is 31.0 Å². The Kier molecular flexibility index (Phi) is 4.69. The second-order valence-electron chi connectivity index (χ2n) is 4.96. The van der Waals surface area contributed by atoms with Crippen molar-refractivity contribution in [1.29, 1.82) is 0 Å². The van der Waals surface area contributed by atoms with Crippen molar-refractivity contribution in [1.82, 2.24) is 9.88 Å². The lowest BCUT2D eigenvalue weighted by Crippen LogP contribution is -2.50. The summed E-state index contributed by atoms with van der Waals surface area (Å²) in [5.74, 6) is 0. The number of rotatable bonds is 4. The highest BCUT2D eigenvalue weighted by molar-refractivity contribution is 5.18. The summed E-state index contributed by atoms with van der Waals surface area (Å²) in [6.45, 7) is 6.88. The lowest BCUT2D eigenvalue weighted by Gasteiger charge is -2.42. The molecule has 0 saturated carbocycles. The van der Waals surface area contributed by atoms with Crippen LogP contribution in [-0.4, -0.2) is 41.7 Å². The summed E-state index contributed by atoms with van der Waals surface area (Å²) < 4.78 is 5.52. The van der Waals surface area contributed by atoms with E-state index in [0.29, 0.717) is 6.04 Å². The van der Waals surface area contributed by atoms with Gasteiger partial charge in [0.15, 0.2) is 0 Å². The zero-order valence-electron chi connectivity index (χ0n) is 11.2. The third-order valence-corrected chi connectivity index (χ3v) is 3.70. The van der Waals surface area contributed by atoms with Gasteiger partial charge in [0.2, 0.25) is 0 Å². The minimum Gasteiger partial charge on any atom is -0.379 e. The van der Waals surface area contributed by atoms with Crippen LogP contribution in [0, 0.1) is 0 Å². The number of nitrogens with two attached hydrogens (primary N) is 1. The highest BCUT2D eigenvalue weighted by atomic mass is 16.5. The molecule has 1 aliphatic rings. The van der Waals surface area contributed by atoms with E-state index in [9.17, 15) is 0 Å². The van der Waals surface area contributed by atoms with Gasteiger partial charge in [-0.2, -0.15) is 0 Å². The van der Waals surface area contributed by atoms with Gasteiger partial charge in [0.05, 0.1) is 19.3 Å². The molecule has 100 valence electrons. The molecular weight excluding hydrogens is 226 g/mol. The molecule has 2 heterocycles. The molecule has 4 heteroatoms. The molecule has 1 saturated heterocycles. The Labute approximate surface area is 109 Å². The second-order valence-corrected chi connectivity index (χ2v) is 4.96. The van der Waals surface area contributed by atoms with Gasteiger partial charge in [-0.25, -0.2) is 0 Å². The van der Waals surface area contributed by atoms with E-state index in [1.165, 1.54) is 5.56 Å². The van der Waals surface area contributed by atoms with Crippen molar-refractivity contribution >= 4 is 0 Å². The number of morpholine rings is 1. The van der Waals surface area contributed by atoms with Crippen LogP contribution in [0.2, 0.25) is 0 Å². The van der Waals surface area contributed by atoms with Crippen molar-refractivity contribution in [2.75, 3.05) is 19.8 Å². The summed E-state index contributed by atoms with van der Waals surface area (Å²) >= 11 is 0. The van der Waals surface area contributed by atoms with Gasteiger partial charge >= 0.3 is 0 Å². The molecule has 0 aliphatic carbocycles. The summed E-state index contributed by atoms with van der Waals surface area (Å²) in [5, 5.41) is 0. The number of pyridine rings is 1. The Morgan fingerprint density at radius 3 is 2.83 bits per heavy atom. The minimum atomic E-state index is 0.146. The molecule has 0 radical (unpaired) electrons. The van der Waals surface area contributed by atoms with Crippen LogP contribution in [0.5, 0.6) is 0 Å². The highest BCUT2D eigenvalue weighted by Crippen LogP contribution is 2.27. The summed E-state index contributed by atoms with van der Waals surface area (Å²) in [6.07, 6.45) is 4.66. The van der Waals surface area contributed by atoms with Crippen molar-refractivity contribution in [2.45, 2.75) is 38.4 Å². The standard InChI is InChI=1S/C14H23N3O/c1-3-13(15)14(12-4-6-16-7-5-12)17-8-9-18-10-11(17)2/h4-7,11,13-14H,3,8-10,15H2,1-2H3. The average Bonchev–Trinajstić information content (AvgIpc) is 2.42. The first-order valence-corrected chi connectivity index (χ1v) is 6.73. The van der Waals surface area contributed by atoms with E-state index in [-0.39, 0.29) is 12.1 Å². The van der Waals surface area contributed by atoms with Crippen LogP contribution in [0.15, 0.2) is 24.5 Å². The van der Waals surface area contributed by atoms with Crippen molar-refractivity contribution in [3.05, 3.63) is 30.1 Å². The Morgan fingerprint density at radius 1 is 1.50 bits per heavy atom. The van der Waals surface area contributed by atoms with Crippen molar-refractivity contribution in [2.24, 2.45) is 5.73 Å². The predicted molar refractivity (Wildman–Crippen MR) is 72.2 cm³/mol. The van der Waals surface area contributed by atoms with Gasteiger partial charge in [-0.1, -0.05) is 6.92 Å². The fraction of sp³-hybridized carbons (Fsp3) is 0.643. The molecule has 0 amide bonds. The van der Waals surface area contributed by atoms with Crippen LogP contribution in [0.25, 0.3) is 0 Å². The largest absolute Gasteiger partial charge is 0.379 e. The normalized spacial score (nSPS) is 24.7. The van der Waals surface area contributed by atoms with E-state index in [1.54, 1.807) is 0 Å². The third-order valence-electron chi connectivity index (χ3n) is 3.70. The monoisotopic (exact) mass is 249 g/mol. The van der Waals surface area contributed by atoms with Crippen molar-refractivity contribution in [3.8, 4) is 0 Å². The molecule has 1 aliphatic heterocycles. The van der Waals surface area contributed by atoms with Gasteiger partial charge in [-0.05, 0) is 31.0 Å². The summed E-state index contributed by atoms with van der Waals surface area (Å²) in [7, 11) is 0. The number of aromatic nitrogens is 1. The first-order chi connectivity index (χ1) is 8.74. The van der Waals surface area contributed by atoms with E-state index in [0.717, 1.165) is 26.2 Å². The fourth-order valence-electron chi connectivity index (χ4n) is 2.62. The molecule has 1 aromatic rings. The van der Waals surface area contributed by atoms with E-state index in [4.69, 9.17) is 10.5 Å². The molecule has 2 N–H and O–H groups in total. The van der Waals surface area contributed by atoms with Crippen LogP contribution in [0.3, 0.4) is 0 Å². The first kappa shape index (κ1) is 13.5. The number of hydrogen-bond donors (Lipinski definition) is 1. The van der Waals surface area contributed by atoms with Gasteiger partial charge in [-0.15, -0.1) is 0 Å². The summed E-state index contributed by atoms with van der Waals surface area (Å²) in [6, 6.07) is 4.96. The van der Waals surface area contributed by atoms with Crippen LogP contribution < -0.4 is 5.73 Å². The Bertz CT molecular complexity index is 357. The Balaban J connectivity index is 2.24. The number of hydrogen-bond acceptors (Lipinski definition) is 4. The molecule has 2 rings (SSSR count). The molecule has 0 bridgehead atoms. The van der Waals surface area contributed by atoms with Crippen LogP contribution >= 0.6 is 0 Å². The molecule has 18 heavy (non-hydrogen) atoms. The van der Waals surface area contributed by atoms with Crippen LogP contribution in [0.1, 0.15) is 31.9 Å². The average molecular weight is 249 g/mol. The quantitative estimate of drug-likeness (QED) is 0.880. The maximum atomic E-state index is 6.34. The predicted octanol–water partition coefficient (Wildman–Crippen LogP) is 1.58.